The van der Waals surface area contributed by atoms with E-state index in [1.54, 1.807) is 50.1 Å². The number of nitrogens with zero attached hydrogens (tertiary/aromatic N) is 4. The van der Waals surface area contributed by atoms with Crippen LogP contribution in [0.5, 0.6) is 11.5 Å². The number of benzene rings is 2. The van der Waals surface area contributed by atoms with E-state index in [-0.39, 0.29) is 0 Å². The van der Waals surface area contributed by atoms with Crippen molar-refractivity contribution < 1.29 is 14.3 Å². The number of hydrogen-bond donors (Lipinski definition) is 1. The molecule has 0 aliphatic carbocycles. The van der Waals surface area contributed by atoms with Gasteiger partial charge >= 0.3 is 0 Å². The highest BCUT2D eigenvalue weighted by Gasteiger charge is 2.40. The third-order valence-electron chi connectivity index (χ3n) is 5.06. The molecule has 2 N–H and O–H groups in total. The Kier molecular flexibility index (Phi) is 5.17. The number of aliphatic imine (C=N–C) groups is 1. The molecule has 8 nitrogen and oxygen atoms in total. The Labute approximate surface area is 178 Å². The Morgan fingerprint density at radius 2 is 1.97 bits per heavy atom. The largest absolute Gasteiger partial charge is 0.497 e. The smallest absolute Gasteiger partial charge is 0.248 e. The van der Waals surface area contributed by atoms with Crippen molar-refractivity contribution in [3.05, 3.63) is 53.1 Å². The fourth-order valence-corrected chi connectivity index (χ4v) is 3.86. The second kappa shape index (κ2) is 7.79. The number of amides is 1. The standard InChI is InChI=1S/C21H20ClN5O3/c1-11-17(19(23)28)18(15-10-14(29-2)7-8-16(15)30-3)27-21(24-11)25-20(26-27)12-5-4-6-13(22)9-12/h4-10,17-18H,1-3H3,(H2,23,28). The van der Waals surface area contributed by atoms with E-state index in [9.17, 15) is 4.79 Å². The van der Waals surface area contributed by atoms with Gasteiger partial charge in [-0.15, -0.1) is 5.10 Å². The number of carbonyl (C=O) groups excluding carboxylic acids is 1. The molecule has 154 valence electrons. The molecule has 9 heteroatoms. The summed E-state index contributed by atoms with van der Waals surface area (Å²) in [6.45, 7) is 1.76. The first-order chi connectivity index (χ1) is 14.4. The molecule has 1 amide bonds. The van der Waals surface area contributed by atoms with Crippen molar-refractivity contribution in [3.63, 3.8) is 0 Å². The maximum atomic E-state index is 12.4. The molecular formula is C21H20ClN5O3. The molecule has 0 saturated heterocycles. The highest BCUT2D eigenvalue weighted by atomic mass is 35.5. The Bertz CT molecular complexity index is 1160. The summed E-state index contributed by atoms with van der Waals surface area (Å²) in [7, 11) is 3.14. The zero-order chi connectivity index (χ0) is 21.4. The topological polar surface area (TPSA) is 105 Å². The van der Waals surface area contributed by atoms with E-state index in [0.717, 1.165) is 5.56 Å². The molecule has 1 aliphatic heterocycles. The molecule has 2 heterocycles. The van der Waals surface area contributed by atoms with Crippen LogP contribution in [0.25, 0.3) is 11.4 Å². The fourth-order valence-electron chi connectivity index (χ4n) is 3.67. The monoisotopic (exact) mass is 425 g/mol. The second-order valence-corrected chi connectivity index (χ2v) is 7.31. The van der Waals surface area contributed by atoms with E-state index >= 15 is 0 Å². The minimum atomic E-state index is -0.729. The minimum Gasteiger partial charge on any atom is -0.497 e. The van der Waals surface area contributed by atoms with Crippen LogP contribution in [0.1, 0.15) is 18.5 Å². The quantitative estimate of drug-likeness (QED) is 0.674. The highest BCUT2D eigenvalue weighted by molar-refractivity contribution is 6.30. The molecule has 0 saturated carbocycles. The van der Waals surface area contributed by atoms with Gasteiger partial charge in [-0.05, 0) is 37.3 Å². The van der Waals surface area contributed by atoms with Gasteiger partial charge in [-0.2, -0.15) is 4.98 Å². The lowest BCUT2D eigenvalue weighted by Gasteiger charge is -2.30. The SMILES string of the molecule is COc1ccc(OC)c(C2C(C(N)=O)C(C)=Nc3nc(-c4cccc(Cl)c4)nn32)c1. The summed E-state index contributed by atoms with van der Waals surface area (Å²) in [6.07, 6.45) is 0. The highest BCUT2D eigenvalue weighted by Crippen LogP contribution is 2.41. The van der Waals surface area contributed by atoms with Crippen LogP contribution in [0.15, 0.2) is 47.5 Å². The van der Waals surface area contributed by atoms with E-state index < -0.39 is 17.9 Å². The van der Waals surface area contributed by atoms with Crippen LogP contribution >= 0.6 is 11.6 Å². The minimum absolute atomic E-state index is 0.370. The lowest BCUT2D eigenvalue weighted by Crippen LogP contribution is -2.39. The summed E-state index contributed by atoms with van der Waals surface area (Å²) in [6, 6.07) is 12.0. The van der Waals surface area contributed by atoms with Crippen LogP contribution in [0.3, 0.4) is 0 Å². The third kappa shape index (κ3) is 3.39. The zero-order valence-electron chi connectivity index (χ0n) is 16.7. The van der Waals surface area contributed by atoms with Crippen LogP contribution in [0.4, 0.5) is 5.95 Å². The molecule has 1 aromatic heterocycles. The Morgan fingerprint density at radius 1 is 1.17 bits per heavy atom. The molecule has 30 heavy (non-hydrogen) atoms. The van der Waals surface area contributed by atoms with E-state index in [1.165, 1.54) is 0 Å². The van der Waals surface area contributed by atoms with Crippen molar-refractivity contribution in [2.75, 3.05) is 14.2 Å². The number of methoxy groups -OCH3 is 2. The number of ether oxygens (including phenoxy) is 2. The molecule has 0 fully saturated rings. The van der Waals surface area contributed by atoms with Crippen molar-refractivity contribution in [2.45, 2.75) is 13.0 Å². The summed E-state index contributed by atoms with van der Waals surface area (Å²) in [5.74, 6) is 0.762. The number of aromatic nitrogens is 3. The second-order valence-electron chi connectivity index (χ2n) is 6.88. The van der Waals surface area contributed by atoms with Gasteiger partial charge in [-0.25, -0.2) is 9.67 Å². The first kappa shape index (κ1) is 19.9. The first-order valence-corrected chi connectivity index (χ1v) is 9.59. The van der Waals surface area contributed by atoms with Gasteiger partial charge in [-0.1, -0.05) is 23.7 Å². The van der Waals surface area contributed by atoms with Gasteiger partial charge in [0.25, 0.3) is 0 Å². The van der Waals surface area contributed by atoms with Gasteiger partial charge in [0, 0.05) is 21.9 Å². The molecule has 2 aromatic carbocycles. The summed E-state index contributed by atoms with van der Waals surface area (Å²) in [5, 5.41) is 5.22. The number of hydrogen-bond acceptors (Lipinski definition) is 6. The number of carbonyl (C=O) groups is 1. The van der Waals surface area contributed by atoms with E-state index in [2.05, 4.69) is 15.1 Å². The molecule has 0 spiro atoms. The molecule has 0 bridgehead atoms. The molecular weight excluding hydrogens is 406 g/mol. The molecule has 4 rings (SSSR count). The van der Waals surface area contributed by atoms with Crippen LogP contribution in [0.2, 0.25) is 5.02 Å². The fraction of sp³-hybridized carbons (Fsp3) is 0.238. The van der Waals surface area contributed by atoms with Crippen molar-refractivity contribution in [1.82, 2.24) is 14.8 Å². The maximum absolute atomic E-state index is 12.4. The van der Waals surface area contributed by atoms with Crippen LogP contribution < -0.4 is 15.2 Å². The molecule has 3 aromatic rings. The van der Waals surface area contributed by atoms with Crippen molar-refractivity contribution in [3.8, 4) is 22.9 Å². The lowest BCUT2D eigenvalue weighted by atomic mass is 9.87. The number of primary amides is 1. The number of nitrogens with two attached hydrogens (primary N) is 1. The normalized spacial score (nSPS) is 17.8. The van der Waals surface area contributed by atoms with Crippen LogP contribution in [0, 0.1) is 5.92 Å². The van der Waals surface area contributed by atoms with Crippen LogP contribution in [-0.2, 0) is 4.79 Å². The predicted octanol–water partition coefficient (Wildman–Crippen LogP) is 3.41. The van der Waals surface area contributed by atoms with Crippen LogP contribution in [-0.4, -0.2) is 40.6 Å². The van der Waals surface area contributed by atoms with Gasteiger partial charge in [-0.3, -0.25) is 4.79 Å². The Hall–Kier alpha value is -3.39. The third-order valence-corrected chi connectivity index (χ3v) is 5.30. The molecule has 0 radical (unpaired) electrons. The summed E-state index contributed by atoms with van der Waals surface area (Å²) in [5.41, 5.74) is 7.76. The maximum Gasteiger partial charge on any atom is 0.248 e. The molecule has 2 unspecified atom stereocenters. The van der Waals surface area contributed by atoms with Gasteiger partial charge in [0.05, 0.1) is 14.2 Å². The van der Waals surface area contributed by atoms with Gasteiger partial charge < -0.3 is 15.2 Å². The number of rotatable bonds is 5. The summed E-state index contributed by atoms with van der Waals surface area (Å²) < 4.78 is 12.5. The summed E-state index contributed by atoms with van der Waals surface area (Å²) >= 11 is 6.13. The van der Waals surface area contributed by atoms with Gasteiger partial charge in [0.15, 0.2) is 5.82 Å². The first-order valence-electron chi connectivity index (χ1n) is 9.22. The van der Waals surface area contributed by atoms with E-state index in [1.807, 2.05) is 18.2 Å². The van der Waals surface area contributed by atoms with Gasteiger partial charge in [0.1, 0.15) is 23.5 Å². The zero-order valence-corrected chi connectivity index (χ0v) is 17.4. The Balaban J connectivity index is 1.94. The number of fused-ring (bicyclic) bond motifs is 1. The molecule has 1 aliphatic rings. The average molecular weight is 426 g/mol. The van der Waals surface area contributed by atoms with E-state index in [0.29, 0.717) is 39.6 Å². The lowest BCUT2D eigenvalue weighted by molar-refractivity contribution is -0.120. The van der Waals surface area contributed by atoms with Crippen molar-refractivity contribution in [1.29, 1.82) is 0 Å². The van der Waals surface area contributed by atoms with Crippen molar-refractivity contribution >= 4 is 29.2 Å². The van der Waals surface area contributed by atoms with Crippen molar-refractivity contribution in [2.24, 2.45) is 16.6 Å². The van der Waals surface area contributed by atoms with E-state index in [4.69, 9.17) is 26.8 Å². The Morgan fingerprint density at radius 3 is 2.63 bits per heavy atom. The average Bonchev–Trinajstić information content (AvgIpc) is 3.15. The molecule has 2 atom stereocenters. The summed E-state index contributed by atoms with van der Waals surface area (Å²) in [4.78, 5) is 21.5. The van der Waals surface area contributed by atoms with Gasteiger partial charge in [0.2, 0.25) is 11.9 Å². The predicted molar refractivity (Wildman–Crippen MR) is 114 cm³/mol. The number of halogens is 1.